The number of pyridine rings is 1. The minimum Gasteiger partial charge on any atom is -0.248 e. The molecule has 2 heterocycles. The molecule has 0 fully saturated rings. The predicted octanol–water partition coefficient (Wildman–Crippen LogP) is 12.7. The van der Waals surface area contributed by atoms with Crippen LogP contribution in [0.15, 0.2) is 182 Å². The molecule has 0 unspecified atom stereocenters. The van der Waals surface area contributed by atoms with Crippen molar-refractivity contribution in [3.63, 3.8) is 0 Å². The van der Waals surface area contributed by atoms with Crippen LogP contribution < -0.4 is 0 Å². The van der Waals surface area contributed by atoms with Gasteiger partial charge in [-0.05, 0) is 74.8 Å². The molecule has 260 valence electrons. The molecule has 55 heavy (non-hydrogen) atoms. The Morgan fingerprint density at radius 2 is 0.836 bits per heavy atom. The fourth-order valence-corrected chi connectivity index (χ4v) is 8.06. The predicted molar refractivity (Wildman–Crippen MR) is 225 cm³/mol. The zero-order valence-corrected chi connectivity index (χ0v) is 30.6. The average molecular weight is 705 g/mol. The van der Waals surface area contributed by atoms with Gasteiger partial charge in [-0.1, -0.05) is 166 Å². The second kappa shape index (κ2) is 13.1. The molecule has 0 saturated heterocycles. The normalized spacial score (nSPS) is 12.7. The Balaban J connectivity index is 1.16. The first kappa shape index (κ1) is 32.6. The van der Waals surface area contributed by atoms with Gasteiger partial charge in [-0.3, -0.25) is 0 Å². The van der Waals surface area contributed by atoms with E-state index in [0.717, 1.165) is 61.1 Å². The van der Waals surface area contributed by atoms with Crippen LogP contribution in [-0.2, 0) is 5.41 Å². The number of nitrogens with zero attached hydrogens (tertiary/aromatic N) is 4. The second-order valence-electron chi connectivity index (χ2n) is 14.7. The minimum absolute atomic E-state index is 0.127. The Morgan fingerprint density at radius 1 is 0.327 bits per heavy atom. The van der Waals surface area contributed by atoms with Crippen LogP contribution in [0.4, 0.5) is 0 Å². The first-order chi connectivity index (χ1) is 27.0. The van der Waals surface area contributed by atoms with Crippen molar-refractivity contribution >= 4 is 10.9 Å². The third kappa shape index (κ3) is 5.80. The zero-order valence-electron chi connectivity index (χ0n) is 30.6. The summed E-state index contributed by atoms with van der Waals surface area (Å²) in [6.07, 6.45) is 0. The highest BCUT2D eigenvalue weighted by Crippen LogP contribution is 2.50. The van der Waals surface area contributed by atoms with E-state index in [4.69, 9.17) is 19.9 Å². The van der Waals surface area contributed by atoms with Gasteiger partial charge >= 0.3 is 0 Å². The summed E-state index contributed by atoms with van der Waals surface area (Å²) < 4.78 is 0. The van der Waals surface area contributed by atoms with E-state index in [2.05, 4.69) is 153 Å². The number of hydrogen-bond acceptors (Lipinski definition) is 4. The van der Waals surface area contributed by atoms with Gasteiger partial charge in [0, 0.05) is 33.1 Å². The van der Waals surface area contributed by atoms with Crippen LogP contribution in [0.2, 0.25) is 0 Å². The summed E-state index contributed by atoms with van der Waals surface area (Å²) in [4.78, 5) is 20.6. The van der Waals surface area contributed by atoms with Crippen molar-refractivity contribution in [1.82, 2.24) is 19.9 Å². The smallest absolute Gasteiger partial charge is 0.164 e. The highest BCUT2D eigenvalue weighted by Gasteiger charge is 2.35. The Kier molecular flexibility index (Phi) is 7.77. The molecule has 7 aromatic carbocycles. The molecule has 1 aliphatic rings. The third-order valence-corrected chi connectivity index (χ3v) is 10.9. The maximum atomic E-state index is 5.30. The van der Waals surface area contributed by atoms with Crippen molar-refractivity contribution < 1.29 is 0 Å². The SMILES string of the molecule is CC1(C)c2ccccc2-c2cc3c(-c4cccc(-c5nc(-c6ccccc6)nc(-c6cccc(-c7ccccc7)c6)n5)c4)cc(-c4ccccc4)nc3cc21. The lowest BCUT2D eigenvalue weighted by atomic mass is 9.82. The number of fused-ring (bicyclic) bond motifs is 4. The van der Waals surface area contributed by atoms with Crippen molar-refractivity contribution in [2.24, 2.45) is 0 Å². The fraction of sp³-hybridized carbons (Fsp3) is 0.0588. The fourth-order valence-electron chi connectivity index (χ4n) is 8.06. The van der Waals surface area contributed by atoms with Crippen molar-refractivity contribution in [2.75, 3.05) is 0 Å². The van der Waals surface area contributed by atoms with Gasteiger partial charge < -0.3 is 0 Å². The largest absolute Gasteiger partial charge is 0.248 e. The maximum Gasteiger partial charge on any atom is 0.164 e. The zero-order chi connectivity index (χ0) is 36.9. The molecule has 4 heteroatoms. The average Bonchev–Trinajstić information content (AvgIpc) is 3.48. The van der Waals surface area contributed by atoms with Crippen molar-refractivity contribution in [3.8, 4) is 78.8 Å². The molecule has 0 amide bonds. The van der Waals surface area contributed by atoms with Crippen LogP contribution in [0.5, 0.6) is 0 Å². The van der Waals surface area contributed by atoms with E-state index in [1.54, 1.807) is 0 Å². The quantitative estimate of drug-likeness (QED) is 0.173. The number of hydrogen-bond donors (Lipinski definition) is 0. The molecule has 9 aromatic rings. The molecule has 0 bridgehead atoms. The van der Waals surface area contributed by atoms with Gasteiger partial charge in [-0.25, -0.2) is 19.9 Å². The molecule has 0 N–H and O–H groups in total. The maximum absolute atomic E-state index is 5.30. The number of aromatic nitrogens is 4. The number of rotatable bonds is 6. The summed E-state index contributed by atoms with van der Waals surface area (Å²) in [5, 5.41) is 1.11. The standard InChI is InChI=1S/C51H36N4/c1-51(2)44-27-13-12-26-40(44)42-30-43-41(31-46(34-18-8-4-9-19-34)52-47(43)32-45(42)51)37-23-15-25-39(29-37)50-54-48(35-20-10-5-11-21-35)53-49(55-50)38-24-14-22-36(28-38)33-16-6-3-7-17-33/h3-32H,1-2H3. The molecule has 0 spiro atoms. The molecule has 0 radical (unpaired) electrons. The third-order valence-electron chi connectivity index (χ3n) is 10.9. The Hall–Kier alpha value is -7.04. The van der Waals surface area contributed by atoms with Crippen LogP contribution >= 0.6 is 0 Å². The molecule has 2 aromatic heterocycles. The summed E-state index contributed by atoms with van der Waals surface area (Å²) in [5.74, 6) is 1.88. The van der Waals surface area contributed by atoms with Crippen LogP contribution in [-0.4, -0.2) is 19.9 Å². The Labute approximate surface area is 320 Å². The van der Waals surface area contributed by atoms with E-state index in [9.17, 15) is 0 Å². The topological polar surface area (TPSA) is 51.6 Å². The molecule has 10 rings (SSSR count). The molecule has 4 nitrogen and oxygen atoms in total. The lowest BCUT2D eigenvalue weighted by molar-refractivity contribution is 0.661. The highest BCUT2D eigenvalue weighted by molar-refractivity contribution is 6.02. The Morgan fingerprint density at radius 3 is 1.51 bits per heavy atom. The van der Waals surface area contributed by atoms with E-state index in [-0.39, 0.29) is 5.41 Å². The minimum atomic E-state index is -0.127. The van der Waals surface area contributed by atoms with Crippen molar-refractivity contribution in [1.29, 1.82) is 0 Å². The lowest BCUT2D eigenvalue weighted by Crippen LogP contribution is -2.14. The van der Waals surface area contributed by atoms with E-state index in [1.165, 1.54) is 22.3 Å². The molecular weight excluding hydrogens is 669 g/mol. The lowest BCUT2D eigenvalue weighted by Gasteiger charge is -2.22. The Bertz CT molecular complexity index is 2880. The van der Waals surface area contributed by atoms with Gasteiger partial charge in [0.2, 0.25) is 0 Å². The summed E-state index contributed by atoms with van der Waals surface area (Å²) in [5.41, 5.74) is 15.3. The summed E-state index contributed by atoms with van der Waals surface area (Å²) in [6.45, 7) is 4.64. The van der Waals surface area contributed by atoms with Gasteiger partial charge in [-0.2, -0.15) is 0 Å². The van der Waals surface area contributed by atoms with Crippen molar-refractivity contribution in [2.45, 2.75) is 19.3 Å². The van der Waals surface area contributed by atoms with E-state index in [1.807, 2.05) is 42.5 Å². The molecule has 0 aliphatic heterocycles. The van der Waals surface area contributed by atoms with E-state index >= 15 is 0 Å². The molecule has 0 saturated carbocycles. The summed E-state index contributed by atoms with van der Waals surface area (Å²) >= 11 is 0. The van der Waals surface area contributed by atoms with Crippen LogP contribution in [0, 0.1) is 0 Å². The van der Waals surface area contributed by atoms with Gasteiger partial charge in [0.15, 0.2) is 17.5 Å². The highest BCUT2D eigenvalue weighted by atomic mass is 15.0. The molecular formula is C51H36N4. The van der Waals surface area contributed by atoms with Crippen molar-refractivity contribution in [3.05, 3.63) is 193 Å². The van der Waals surface area contributed by atoms with Crippen LogP contribution in [0.3, 0.4) is 0 Å². The second-order valence-corrected chi connectivity index (χ2v) is 14.7. The molecule has 1 aliphatic carbocycles. The first-order valence-corrected chi connectivity index (χ1v) is 18.7. The molecule has 0 atom stereocenters. The number of benzene rings is 7. The summed E-state index contributed by atoms with van der Waals surface area (Å²) in [7, 11) is 0. The van der Waals surface area contributed by atoms with E-state index < -0.39 is 0 Å². The first-order valence-electron chi connectivity index (χ1n) is 18.7. The van der Waals surface area contributed by atoms with Gasteiger partial charge in [0.25, 0.3) is 0 Å². The summed E-state index contributed by atoms with van der Waals surface area (Å²) in [6, 6.07) is 63.7. The van der Waals surface area contributed by atoms with Gasteiger partial charge in [0.1, 0.15) is 0 Å². The van der Waals surface area contributed by atoms with Gasteiger partial charge in [-0.15, -0.1) is 0 Å². The van der Waals surface area contributed by atoms with Crippen LogP contribution in [0.1, 0.15) is 25.0 Å². The van der Waals surface area contributed by atoms with E-state index in [0.29, 0.717) is 17.5 Å². The van der Waals surface area contributed by atoms with Crippen LogP contribution in [0.25, 0.3) is 89.7 Å². The van der Waals surface area contributed by atoms with Gasteiger partial charge in [0.05, 0.1) is 11.2 Å². The monoisotopic (exact) mass is 704 g/mol.